The van der Waals surface area contributed by atoms with E-state index in [1.165, 1.54) is 103 Å². The number of nitrogens with zero attached hydrogens (tertiary/aromatic N) is 1. The quantitative estimate of drug-likeness (QED) is 0.0272. The lowest BCUT2D eigenvalue weighted by Crippen LogP contribution is -2.45. The molecule has 0 aromatic heterocycles. The van der Waals surface area contributed by atoms with Crippen molar-refractivity contribution in [3.05, 3.63) is 97.2 Å². The maximum Gasteiger partial charge on any atom is 0.268 e. The van der Waals surface area contributed by atoms with Gasteiger partial charge in [-0.15, -0.1) is 0 Å². The molecule has 0 heterocycles. The van der Waals surface area contributed by atoms with Crippen LogP contribution in [0.25, 0.3) is 0 Å². The molecular formula is C57H101N2O6P. The van der Waals surface area contributed by atoms with Gasteiger partial charge >= 0.3 is 0 Å². The number of phosphoric acid groups is 1. The molecule has 380 valence electrons. The number of aliphatic hydroxyl groups is 1. The van der Waals surface area contributed by atoms with Crippen LogP contribution in [0.1, 0.15) is 206 Å². The van der Waals surface area contributed by atoms with Crippen molar-refractivity contribution < 1.29 is 32.9 Å². The zero-order valence-corrected chi connectivity index (χ0v) is 44.0. The molecule has 0 fully saturated rings. The molecule has 0 aromatic rings. The second kappa shape index (κ2) is 47.5. The van der Waals surface area contributed by atoms with Gasteiger partial charge in [0.05, 0.1) is 39.9 Å². The average molecular weight is 941 g/mol. The lowest BCUT2D eigenvalue weighted by Gasteiger charge is -2.29. The molecule has 0 bridgehead atoms. The number of unbranched alkanes of at least 4 members (excludes halogenated alkanes) is 20. The van der Waals surface area contributed by atoms with Gasteiger partial charge in [0.25, 0.3) is 7.82 Å². The topological polar surface area (TPSA) is 108 Å². The smallest absolute Gasteiger partial charge is 0.268 e. The van der Waals surface area contributed by atoms with Crippen LogP contribution in [0.5, 0.6) is 0 Å². The molecule has 8 nitrogen and oxygen atoms in total. The highest BCUT2D eigenvalue weighted by Crippen LogP contribution is 2.38. The van der Waals surface area contributed by atoms with Gasteiger partial charge in [0.15, 0.2) is 0 Å². The van der Waals surface area contributed by atoms with Crippen LogP contribution < -0.4 is 10.2 Å². The van der Waals surface area contributed by atoms with Gasteiger partial charge in [-0.25, -0.2) is 0 Å². The van der Waals surface area contributed by atoms with Crippen molar-refractivity contribution >= 4 is 13.7 Å². The number of allylic oxidation sites excluding steroid dienone is 15. The van der Waals surface area contributed by atoms with Crippen LogP contribution in [-0.2, 0) is 18.4 Å². The molecule has 0 aliphatic heterocycles. The van der Waals surface area contributed by atoms with Gasteiger partial charge in [0, 0.05) is 6.42 Å². The first-order valence-corrected chi connectivity index (χ1v) is 28.1. The molecule has 0 saturated carbocycles. The van der Waals surface area contributed by atoms with Gasteiger partial charge in [-0.1, -0.05) is 220 Å². The maximum absolute atomic E-state index is 12.9. The SMILES string of the molecule is CC/C=C\C/C=C\C/C=C\C/C=C\C/C=C\C/C=C\C/C=C\CCCCCCCCCCCCCCCC(=O)NC(COP(=O)([O-])OCC[N+](C)(C)C)C(O)/C=C/CCCCCCCCC. The van der Waals surface area contributed by atoms with E-state index in [2.05, 4.69) is 104 Å². The van der Waals surface area contributed by atoms with E-state index in [4.69, 9.17) is 9.05 Å². The number of likely N-dealkylation sites (N-methyl/N-ethyl adjacent to an activating group) is 1. The lowest BCUT2D eigenvalue weighted by molar-refractivity contribution is -0.870. The number of carbonyl (C=O) groups is 1. The standard InChI is InChI=1S/C57H101N2O6P/c1-6-8-10-12-14-16-17-18-19-20-21-22-23-24-25-26-27-28-29-30-31-32-33-34-35-36-37-38-39-40-41-43-45-47-49-51-57(61)58-55(54-65-66(62,63)64-53-52-59(3,4)5)56(60)50-48-46-44-42-15-13-11-9-7-2/h8,10,14,16,18-19,21-22,24-25,27-28,30-31,48,50,55-56,60H,6-7,9,11-13,15,17,20,23,26,29,32-47,49,51-54H2,1-5H3,(H-,58,61,62,63)/b10-8-,16-14-,19-18-,22-21-,25-24-,28-27-,31-30-,50-48+. The van der Waals surface area contributed by atoms with Crippen molar-refractivity contribution in [3.8, 4) is 0 Å². The minimum Gasteiger partial charge on any atom is -0.756 e. The Hall–Kier alpha value is -2.58. The summed E-state index contributed by atoms with van der Waals surface area (Å²) in [6.07, 6.45) is 67.8. The van der Waals surface area contributed by atoms with Crippen molar-refractivity contribution in [1.29, 1.82) is 0 Å². The summed E-state index contributed by atoms with van der Waals surface area (Å²) in [6, 6.07) is -0.889. The fourth-order valence-corrected chi connectivity index (χ4v) is 7.85. The van der Waals surface area contributed by atoms with Crippen molar-refractivity contribution in [2.45, 2.75) is 219 Å². The molecule has 0 radical (unpaired) electrons. The van der Waals surface area contributed by atoms with E-state index < -0.39 is 20.0 Å². The van der Waals surface area contributed by atoms with E-state index in [1.807, 2.05) is 27.2 Å². The van der Waals surface area contributed by atoms with Gasteiger partial charge in [-0.3, -0.25) is 9.36 Å². The van der Waals surface area contributed by atoms with E-state index in [0.717, 1.165) is 83.5 Å². The molecule has 66 heavy (non-hydrogen) atoms. The highest BCUT2D eigenvalue weighted by atomic mass is 31.2. The summed E-state index contributed by atoms with van der Waals surface area (Å²) in [6.45, 7) is 4.48. The number of hydrogen-bond acceptors (Lipinski definition) is 6. The van der Waals surface area contributed by atoms with Crippen LogP contribution in [0.3, 0.4) is 0 Å². The molecule has 3 atom stereocenters. The number of nitrogens with one attached hydrogen (secondary N) is 1. The summed E-state index contributed by atoms with van der Waals surface area (Å²) in [5, 5.41) is 13.7. The molecular weight excluding hydrogens is 840 g/mol. The Labute approximate surface area is 407 Å². The summed E-state index contributed by atoms with van der Waals surface area (Å²) in [7, 11) is 1.25. The first-order chi connectivity index (χ1) is 32.0. The third-order valence-electron chi connectivity index (χ3n) is 11.3. The van der Waals surface area contributed by atoms with E-state index >= 15 is 0 Å². The molecule has 0 spiro atoms. The van der Waals surface area contributed by atoms with E-state index in [1.54, 1.807) is 6.08 Å². The Morgan fingerprint density at radius 2 is 0.924 bits per heavy atom. The van der Waals surface area contributed by atoms with E-state index in [-0.39, 0.29) is 19.1 Å². The number of amides is 1. The van der Waals surface area contributed by atoms with Gasteiger partial charge in [-0.05, 0) is 77.0 Å². The Bertz CT molecular complexity index is 1390. The molecule has 2 N–H and O–H groups in total. The molecule has 0 saturated heterocycles. The largest absolute Gasteiger partial charge is 0.756 e. The highest BCUT2D eigenvalue weighted by Gasteiger charge is 2.23. The van der Waals surface area contributed by atoms with Crippen LogP contribution in [0.4, 0.5) is 0 Å². The second-order valence-electron chi connectivity index (χ2n) is 18.9. The van der Waals surface area contributed by atoms with E-state index in [9.17, 15) is 19.4 Å². The predicted molar refractivity (Wildman–Crippen MR) is 283 cm³/mol. The summed E-state index contributed by atoms with van der Waals surface area (Å²) in [5.41, 5.74) is 0. The molecule has 3 unspecified atom stereocenters. The van der Waals surface area contributed by atoms with Crippen molar-refractivity contribution in [3.63, 3.8) is 0 Å². The number of aliphatic hydroxyl groups excluding tert-OH is 1. The van der Waals surface area contributed by atoms with Crippen LogP contribution in [0, 0.1) is 0 Å². The third kappa shape index (κ3) is 49.3. The Morgan fingerprint density at radius 1 is 0.545 bits per heavy atom. The molecule has 0 aromatic carbocycles. The Morgan fingerprint density at radius 3 is 1.35 bits per heavy atom. The van der Waals surface area contributed by atoms with Crippen molar-refractivity contribution in [2.24, 2.45) is 0 Å². The van der Waals surface area contributed by atoms with Crippen LogP contribution in [-0.4, -0.2) is 68.5 Å². The fourth-order valence-electron chi connectivity index (χ4n) is 7.13. The predicted octanol–water partition coefficient (Wildman–Crippen LogP) is 15.2. The maximum atomic E-state index is 12.9. The van der Waals surface area contributed by atoms with Crippen LogP contribution >= 0.6 is 7.82 Å². The number of carbonyl (C=O) groups excluding carboxylic acids is 1. The fraction of sp³-hybridized carbons (Fsp3) is 0.702. The zero-order valence-electron chi connectivity index (χ0n) is 43.1. The lowest BCUT2D eigenvalue weighted by atomic mass is 10.0. The molecule has 9 heteroatoms. The summed E-state index contributed by atoms with van der Waals surface area (Å²) >= 11 is 0. The molecule has 0 aliphatic carbocycles. The van der Waals surface area contributed by atoms with Crippen LogP contribution in [0.15, 0.2) is 97.2 Å². The molecule has 1 amide bonds. The Balaban J connectivity index is 4.02. The number of phosphoric ester groups is 1. The highest BCUT2D eigenvalue weighted by molar-refractivity contribution is 7.45. The van der Waals surface area contributed by atoms with Crippen LogP contribution in [0.2, 0.25) is 0 Å². The minimum atomic E-state index is -4.59. The van der Waals surface area contributed by atoms with Gasteiger partial charge < -0.3 is 28.8 Å². The second-order valence-corrected chi connectivity index (χ2v) is 20.3. The number of hydrogen-bond donors (Lipinski definition) is 2. The zero-order chi connectivity index (χ0) is 48.5. The Kier molecular flexibility index (Phi) is 45.6. The van der Waals surface area contributed by atoms with Gasteiger partial charge in [-0.2, -0.15) is 0 Å². The summed E-state index contributed by atoms with van der Waals surface area (Å²) in [4.78, 5) is 25.3. The molecule has 0 rings (SSSR count). The average Bonchev–Trinajstić information content (AvgIpc) is 3.28. The third-order valence-corrected chi connectivity index (χ3v) is 12.3. The molecule has 0 aliphatic rings. The number of rotatable bonds is 47. The first-order valence-electron chi connectivity index (χ1n) is 26.6. The normalized spacial score (nSPS) is 14.8. The van der Waals surface area contributed by atoms with Crippen molar-refractivity contribution in [1.82, 2.24) is 5.32 Å². The summed E-state index contributed by atoms with van der Waals surface area (Å²) < 4.78 is 23.2. The van der Waals surface area contributed by atoms with E-state index in [0.29, 0.717) is 17.4 Å². The summed E-state index contributed by atoms with van der Waals surface area (Å²) in [5.74, 6) is -0.205. The van der Waals surface area contributed by atoms with Gasteiger partial charge in [0.2, 0.25) is 5.91 Å². The number of quaternary nitrogens is 1. The minimum absolute atomic E-state index is 0.00497. The monoisotopic (exact) mass is 941 g/mol. The van der Waals surface area contributed by atoms with Crippen molar-refractivity contribution in [2.75, 3.05) is 40.9 Å². The van der Waals surface area contributed by atoms with Gasteiger partial charge in [0.1, 0.15) is 13.2 Å². The first kappa shape index (κ1) is 63.4.